The Morgan fingerprint density at radius 3 is 1.27 bits per heavy atom. The van der Waals surface area contributed by atoms with Gasteiger partial charge in [-0.25, -0.2) is 0 Å². The molecule has 5 unspecified atom stereocenters. The lowest BCUT2D eigenvalue weighted by atomic mass is 9.90. The van der Waals surface area contributed by atoms with E-state index in [1.165, 1.54) is 63.4 Å². The van der Waals surface area contributed by atoms with Crippen LogP contribution in [0.25, 0.3) is 0 Å². The molecule has 0 saturated carbocycles. The molecule has 0 heterocycles. The maximum Gasteiger partial charge on any atom is 0.0499 e. The number of aliphatic hydroxyl groups is 6. The van der Waals surface area contributed by atoms with Crippen molar-refractivity contribution in [2.75, 3.05) is 39.6 Å². The van der Waals surface area contributed by atoms with Gasteiger partial charge in [0.2, 0.25) is 0 Å². The maximum atomic E-state index is 8.98. The SMILES string of the molecule is CCC(C)C(CC)CO.CCC(CO)CC(C)C.CCC(CO)c1ccccc1.CCCCC(CC)CO.CCCCCCCCC(CO)CO. The third kappa shape index (κ3) is 38.5. The minimum absolute atomic E-state index is 0.117. The standard InChI is InChI=1S/C11H24O2.C10H14O.3C8H18O/c1-2-3-4-5-6-7-8-11(9-12)10-13;1-2-9(8-11)10-6-4-3-5-7-10;1-4-8(6-9)5-7(2)3;1-4-7(3)8(5-2)6-9;1-3-5-6-8(4-2)7-9/h11-13H,2-10H2,1H3;3-7,9,11H,2,8H2,1H3;2*7-9H,4-6H2,1-3H3;8-9H,3-7H2,1-2H3. The predicted molar refractivity (Wildman–Crippen MR) is 223 cm³/mol. The Kier molecular flexibility index (Phi) is 50.2. The van der Waals surface area contributed by atoms with Crippen molar-refractivity contribution in [3.05, 3.63) is 35.9 Å². The number of hydrogen-bond donors (Lipinski definition) is 6. The van der Waals surface area contributed by atoms with Gasteiger partial charge < -0.3 is 30.6 Å². The molecule has 6 N–H and O–H groups in total. The van der Waals surface area contributed by atoms with Gasteiger partial charge in [-0.2, -0.15) is 0 Å². The molecule has 0 aliphatic carbocycles. The second-order valence-electron chi connectivity index (χ2n) is 14.9. The summed E-state index contributed by atoms with van der Waals surface area (Å²) >= 11 is 0. The molecule has 6 nitrogen and oxygen atoms in total. The van der Waals surface area contributed by atoms with Gasteiger partial charge in [0.15, 0.2) is 0 Å². The third-order valence-electron chi connectivity index (χ3n) is 10.1. The Hall–Kier alpha value is -1.02. The number of benzene rings is 1. The average molecular weight is 729 g/mol. The van der Waals surface area contributed by atoms with Crippen LogP contribution in [0.3, 0.4) is 0 Å². The Morgan fingerprint density at radius 1 is 0.451 bits per heavy atom. The van der Waals surface area contributed by atoms with Crippen LogP contribution in [0.5, 0.6) is 0 Å². The van der Waals surface area contributed by atoms with E-state index < -0.39 is 0 Å². The first-order chi connectivity index (χ1) is 24.5. The third-order valence-corrected chi connectivity index (χ3v) is 10.1. The molecule has 1 aromatic carbocycles. The number of hydrogen-bond acceptors (Lipinski definition) is 6. The highest BCUT2D eigenvalue weighted by molar-refractivity contribution is 5.19. The van der Waals surface area contributed by atoms with Gasteiger partial charge in [0.05, 0.1) is 0 Å². The lowest BCUT2D eigenvalue weighted by Crippen LogP contribution is -2.13. The molecular formula is C45H92O6. The average Bonchev–Trinajstić information content (AvgIpc) is 3.16. The molecule has 0 radical (unpaired) electrons. The van der Waals surface area contributed by atoms with Crippen LogP contribution in [0, 0.1) is 35.5 Å². The van der Waals surface area contributed by atoms with E-state index in [1.54, 1.807) is 0 Å². The molecule has 6 heteroatoms. The second-order valence-corrected chi connectivity index (χ2v) is 14.9. The van der Waals surface area contributed by atoms with Crippen molar-refractivity contribution >= 4 is 0 Å². The number of rotatable bonds is 25. The molecule has 0 aromatic heterocycles. The normalized spacial score (nSPS) is 13.6. The van der Waals surface area contributed by atoms with Crippen molar-refractivity contribution in [2.24, 2.45) is 35.5 Å². The molecule has 0 fully saturated rings. The summed E-state index contributed by atoms with van der Waals surface area (Å²) in [6.07, 6.45) is 19.0. The highest BCUT2D eigenvalue weighted by atomic mass is 16.3. The zero-order valence-electron chi connectivity index (χ0n) is 35.7. The Balaban J connectivity index is -0.000000273. The predicted octanol–water partition coefficient (Wildman–Crippen LogP) is 10.8. The summed E-state index contributed by atoms with van der Waals surface area (Å²) in [6.45, 7) is 23.2. The summed E-state index contributed by atoms with van der Waals surface area (Å²) in [6, 6.07) is 10.1. The zero-order chi connectivity index (χ0) is 39.7. The highest BCUT2D eigenvalue weighted by Gasteiger charge is 2.11. The van der Waals surface area contributed by atoms with Gasteiger partial charge in [0.25, 0.3) is 0 Å². The molecule has 0 saturated heterocycles. The molecule has 0 aliphatic heterocycles. The van der Waals surface area contributed by atoms with E-state index in [1.807, 2.05) is 18.2 Å². The van der Waals surface area contributed by atoms with Crippen LogP contribution in [-0.2, 0) is 0 Å². The number of unbranched alkanes of at least 4 members (excludes halogenated alkanes) is 6. The van der Waals surface area contributed by atoms with Crippen LogP contribution in [0.15, 0.2) is 30.3 Å². The topological polar surface area (TPSA) is 121 Å². The van der Waals surface area contributed by atoms with Crippen molar-refractivity contribution in [1.29, 1.82) is 0 Å². The molecule has 0 aliphatic rings. The van der Waals surface area contributed by atoms with Gasteiger partial charge >= 0.3 is 0 Å². The summed E-state index contributed by atoms with van der Waals surface area (Å²) in [5.74, 6) is 3.45. The molecule has 0 spiro atoms. The largest absolute Gasteiger partial charge is 0.396 e. The first kappa shape index (κ1) is 56.7. The van der Waals surface area contributed by atoms with Crippen LogP contribution in [-0.4, -0.2) is 70.3 Å². The van der Waals surface area contributed by atoms with Crippen molar-refractivity contribution < 1.29 is 30.6 Å². The monoisotopic (exact) mass is 729 g/mol. The molecule has 308 valence electrons. The molecule has 51 heavy (non-hydrogen) atoms. The minimum Gasteiger partial charge on any atom is -0.396 e. The molecule has 0 amide bonds. The second kappa shape index (κ2) is 45.1. The van der Waals surface area contributed by atoms with Gasteiger partial charge in [-0.3, -0.25) is 0 Å². The van der Waals surface area contributed by atoms with E-state index in [2.05, 4.69) is 81.4 Å². The van der Waals surface area contributed by atoms with Crippen LogP contribution < -0.4 is 0 Å². The van der Waals surface area contributed by atoms with Gasteiger partial charge in [0.1, 0.15) is 0 Å². The van der Waals surface area contributed by atoms with E-state index in [0.29, 0.717) is 49.4 Å². The van der Waals surface area contributed by atoms with Crippen molar-refractivity contribution in [3.8, 4) is 0 Å². The minimum atomic E-state index is 0.117. The van der Waals surface area contributed by atoms with Crippen LogP contribution in [0.4, 0.5) is 0 Å². The lowest BCUT2D eigenvalue weighted by molar-refractivity contribution is 0.141. The summed E-state index contributed by atoms with van der Waals surface area (Å²) in [5, 5.41) is 52.9. The van der Waals surface area contributed by atoms with Gasteiger partial charge in [0, 0.05) is 51.5 Å². The van der Waals surface area contributed by atoms with Crippen molar-refractivity contribution in [3.63, 3.8) is 0 Å². The molecular weight excluding hydrogens is 636 g/mol. The smallest absolute Gasteiger partial charge is 0.0499 e. The first-order valence-corrected chi connectivity index (χ1v) is 21.2. The maximum absolute atomic E-state index is 8.98. The van der Waals surface area contributed by atoms with Gasteiger partial charge in [-0.15, -0.1) is 0 Å². The van der Waals surface area contributed by atoms with Crippen molar-refractivity contribution in [2.45, 2.75) is 178 Å². The van der Waals surface area contributed by atoms with Gasteiger partial charge in [-0.1, -0.05) is 177 Å². The van der Waals surface area contributed by atoms with Gasteiger partial charge in [-0.05, 0) is 60.8 Å². The summed E-state index contributed by atoms with van der Waals surface area (Å²) in [7, 11) is 0. The quantitative estimate of drug-likeness (QED) is 0.0558. The lowest BCUT2D eigenvalue weighted by Gasteiger charge is -2.17. The fourth-order valence-corrected chi connectivity index (χ4v) is 5.65. The molecule has 5 atom stereocenters. The fourth-order valence-electron chi connectivity index (χ4n) is 5.65. The Bertz CT molecular complexity index is 708. The van der Waals surface area contributed by atoms with E-state index >= 15 is 0 Å². The van der Waals surface area contributed by atoms with Crippen molar-refractivity contribution in [1.82, 2.24) is 0 Å². The first-order valence-electron chi connectivity index (χ1n) is 21.2. The Labute approximate surface area is 318 Å². The van der Waals surface area contributed by atoms with E-state index in [4.69, 9.17) is 30.6 Å². The summed E-state index contributed by atoms with van der Waals surface area (Å²) in [4.78, 5) is 0. The van der Waals surface area contributed by atoms with E-state index in [0.717, 1.165) is 50.9 Å². The van der Waals surface area contributed by atoms with E-state index in [-0.39, 0.29) is 25.7 Å². The zero-order valence-corrected chi connectivity index (χ0v) is 35.7. The van der Waals surface area contributed by atoms with Crippen LogP contribution in [0.2, 0.25) is 0 Å². The summed E-state index contributed by atoms with van der Waals surface area (Å²) < 4.78 is 0. The summed E-state index contributed by atoms with van der Waals surface area (Å²) in [5.41, 5.74) is 1.23. The van der Waals surface area contributed by atoms with Crippen LogP contribution >= 0.6 is 0 Å². The molecule has 0 bridgehead atoms. The number of aliphatic hydroxyl groups excluding tert-OH is 6. The molecule has 1 aromatic rings. The highest BCUT2D eigenvalue weighted by Crippen LogP contribution is 2.18. The fraction of sp³-hybridized carbons (Fsp3) is 0.867. The Morgan fingerprint density at radius 2 is 0.941 bits per heavy atom. The van der Waals surface area contributed by atoms with Crippen LogP contribution in [0.1, 0.15) is 183 Å². The van der Waals surface area contributed by atoms with E-state index in [9.17, 15) is 0 Å². The molecule has 1 rings (SSSR count).